The van der Waals surface area contributed by atoms with Gasteiger partial charge in [-0.25, -0.2) is 9.37 Å². The highest BCUT2D eigenvalue weighted by Gasteiger charge is 2.26. The van der Waals surface area contributed by atoms with Crippen molar-refractivity contribution >= 4 is 28.4 Å². The van der Waals surface area contributed by atoms with Crippen molar-refractivity contribution in [2.45, 2.75) is 6.10 Å². The second-order valence-electron chi connectivity index (χ2n) is 4.77. The summed E-state index contributed by atoms with van der Waals surface area (Å²) < 4.78 is 24.8. The van der Waals surface area contributed by atoms with Gasteiger partial charge >= 0.3 is 0 Å². The summed E-state index contributed by atoms with van der Waals surface area (Å²) in [6.45, 7) is 0.518. The number of para-hydroxylation sites is 2. The van der Waals surface area contributed by atoms with Crippen molar-refractivity contribution in [1.29, 1.82) is 0 Å². The molecule has 0 bridgehead atoms. The number of anilines is 1. The number of halogens is 2. The number of nitrogens with zero attached hydrogens (tertiary/aromatic N) is 1. The van der Waals surface area contributed by atoms with Crippen molar-refractivity contribution in [3.63, 3.8) is 0 Å². The van der Waals surface area contributed by atoms with E-state index in [0.717, 1.165) is 11.4 Å². The molecule has 21 heavy (non-hydrogen) atoms. The lowest BCUT2D eigenvalue weighted by molar-refractivity contribution is 0.177. The Morgan fingerprint density at radius 2 is 2.14 bits per heavy atom. The second-order valence-corrected chi connectivity index (χ2v) is 5.18. The Kier molecular flexibility index (Phi) is 2.75. The van der Waals surface area contributed by atoms with Crippen molar-refractivity contribution in [3.8, 4) is 5.75 Å². The number of benzene rings is 2. The Morgan fingerprint density at radius 1 is 1.29 bits per heavy atom. The van der Waals surface area contributed by atoms with Crippen molar-refractivity contribution in [1.82, 2.24) is 4.98 Å². The quantitative estimate of drug-likeness (QED) is 0.733. The summed E-state index contributed by atoms with van der Waals surface area (Å²) in [4.78, 5) is 4.27. The van der Waals surface area contributed by atoms with Crippen LogP contribution in [0.4, 0.5) is 10.1 Å². The lowest BCUT2D eigenvalue weighted by Gasteiger charge is -2.25. The predicted octanol–water partition coefficient (Wildman–Crippen LogP) is 4.17. The Labute approximate surface area is 124 Å². The zero-order valence-electron chi connectivity index (χ0n) is 10.8. The van der Waals surface area contributed by atoms with Crippen LogP contribution in [-0.4, -0.2) is 11.5 Å². The van der Waals surface area contributed by atoms with Gasteiger partial charge < -0.3 is 14.5 Å². The normalized spacial score (nSPS) is 17.1. The highest BCUT2D eigenvalue weighted by atomic mass is 35.5. The van der Waals surface area contributed by atoms with Crippen LogP contribution in [0, 0.1) is 5.82 Å². The van der Waals surface area contributed by atoms with Crippen LogP contribution in [0.1, 0.15) is 12.0 Å². The maximum atomic E-state index is 13.3. The molecule has 6 heteroatoms. The van der Waals surface area contributed by atoms with Crippen molar-refractivity contribution < 1.29 is 13.5 Å². The molecule has 1 aromatic heterocycles. The molecule has 4 nitrogen and oxygen atoms in total. The minimum Gasteiger partial charge on any atom is -0.477 e. The molecular formula is C15H10ClFN2O2. The Hall–Kier alpha value is -2.27. The van der Waals surface area contributed by atoms with Crippen LogP contribution in [0.2, 0.25) is 5.02 Å². The summed E-state index contributed by atoms with van der Waals surface area (Å²) in [5, 5.41) is 3.45. The van der Waals surface area contributed by atoms with Gasteiger partial charge in [0.25, 0.3) is 0 Å². The van der Waals surface area contributed by atoms with E-state index in [9.17, 15) is 4.39 Å². The van der Waals surface area contributed by atoms with Gasteiger partial charge in [-0.05, 0) is 18.2 Å². The van der Waals surface area contributed by atoms with Crippen LogP contribution in [0.3, 0.4) is 0 Å². The van der Waals surface area contributed by atoms with Gasteiger partial charge in [0.05, 0.1) is 17.3 Å². The van der Waals surface area contributed by atoms with Crippen LogP contribution in [-0.2, 0) is 0 Å². The van der Waals surface area contributed by atoms with Crippen LogP contribution in [0.15, 0.2) is 40.8 Å². The lowest BCUT2D eigenvalue weighted by Crippen LogP contribution is -2.23. The van der Waals surface area contributed by atoms with Gasteiger partial charge in [0, 0.05) is 6.07 Å². The molecule has 0 aliphatic carbocycles. The maximum absolute atomic E-state index is 13.3. The number of aromatic nitrogens is 1. The van der Waals surface area contributed by atoms with Gasteiger partial charge in [0.15, 0.2) is 11.7 Å². The van der Waals surface area contributed by atoms with E-state index in [1.807, 2.05) is 24.3 Å². The summed E-state index contributed by atoms with van der Waals surface area (Å²) in [6, 6.07) is 10.1. The molecule has 4 rings (SSSR count). The van der Waals surface area contributed by atoms with Gasteiger partial charge in [-0.15, -0.1) is 0 Å². The fourth-order valence-corrected chi connectivity index (χ4v) is 2.61. The Balaban J connectivity index is 1.73. The SMILES string of the molecule is Fc1cc(Cl)c2oc(C3CNc4ccccc4O3)nc2c1. The van der Waals surface area contributed by atoms with E-state index in [2.05, 4.69) is 10.3 Å². The number of ether oxygens (including phenoxy) is 1. The number of oxazole rings is 1. The highest BCUT2D eigenvalue weighted by Crippen LogP contribution is 2.35. The number of hydrogen-bond acceptors (Lipinski definition) is 4. The average Bonchev–Trinajstić information content (AvgIpc) is 2.91. The maximum Gasteiger partial charge on any atom is 0.238 e. The van der Waals surface area contributed by atoms with Crippen molar-refractivity contribution in [2.24, 2.45) is 0 Å². The minimum atomic E-state index is -0.444. The fourth-order valence-electron chi connectivity index (χ4n) is 2.37. The molecule has 1 atom stereocenters. The van der Waals surface area contributed by atoms with E-state index in [1.165, 1.54) is 12.1 Å². The van der Waals surface area contributed by atoms with Gasteiger partial charge in [-0.1, -0.05) is 23.7 Å². The van der Waals surface area contributed by atoms with E-state index in [1.54, 1.807) is 0 Å². The topological polar surface area (TPSA) is 47.3 Å². The predicted molar refractivity (Wildman–Crippen MR) is 77.3 cm³/mol. The van der Waals surface area contributed by atoms with E-state index in [4.69, 9.17) is 20.8 Å². The number of fused-ring (bicyclic) bond motifs is 2. The summed E-state index contributed by atoms with van der Waals surface area (Å²) in [7, 11) is 0. The molecule has 0 fully saturated rings. The molecule has 1 N–H and O–H groups in total. The van der Waals surface area contributed by atoms with E-state index in [0.29, 0.717) is 23.5 Å². The molecule has 2 heterocycles. The van der Waals surface area contributed by atoms with E-state index >= 15 is 0 Å². The third-order valence-electron chi connectivity index (χ3n) is 3.34. The van der Waals surface area contributed by atoms with Crippen LogP contribution in [0.25, 0.3) is 11.1 Å². The molecule has 1 aliphatic rings. The largest absolute Gasteiger partial charge is 0.477 e. The van der Waals surface area contributed by atoms with Gasteiger partial charge in [-0.2, -0.15) is 0 Å². The van der Waals surface area contributed by atoms with Crippen LogP contribution in [0.5, 0.6) is 5.75 Å². The summed E-state index contributed by atoms with van der Waals surface area (Å²) in [5.74, 6) is 0.660. The standard InChI is InChI=1S/C15H10ClFN2O2/c16-9-5-8(17)6-11-14(9)21-15(19-11)13-7-18-10-3-1-2-4-12(10)20-13/h1-6,13,18H,7H2. The number of hydrogen-bond donors (Lipinski definition) is 1. The molecule has 0 saturated carbocycles. The highest BCUT2D eigenvalue weighted by molar-refractivity contribution is 6.34. The third kappa shape index (κ3) is 2.10. The molecular weight excluding hydrogens is 295 g/mol. The first-order valence-electron chi connectivity index (χ1n) is 6.46. The number of rotatable bonds is 1. The first-order chi connectivity index (χ1) is 10.2. The second kappa shape index (κ2) is 4.63. The number of nitrogens with one attached hydrogen (secondary N) is 1. The monoisotopic (exact) mass is 304 g/mol. The molecule has 0 saturated heterocycles. The first kappa shape index (κ1) is 12.5. The van der Waals surface area contributed by atoms with Crippen molar-refractivity contribution in [2.75, 3.05) is 11.9 Å². The summed E-state index contributed by atoms with van der Waals surface area (Å²) in [6.07, 6.45) is -0.383. The van der Waals surface area contributed by atoms with Gasteiger partial charge in [0.1, 0.15) is 17.1 Å². The molecule has 1 aliphatic heterocycles. The van der Waals surface area contributed by atoms with Gasteiger partial charge in [0.2, 0.25) is 5.89 Å². The Bertz CT molecular complexity index is 834. The summed E-state index contributed by atoms with van der Waals surface area (Å²) in [5.41, 5.74) is 1.68. The zero-order valence-corrected chi connectivity index (χ0v) is 11.5. The molecule has 106 valence electrons. The third-order valence-corrected chi connectivity index (χ3v) is 3.62. The molecule has 1 unspecified atom stereocenters. The first-order valence-corrected chi connectivity index (χ1v) is 6.83. The van der Waals surface area contributed by atoms with Gasteiger partial charge in [-0.3, -0.25) is 0 Å². The van der Waals surface area contributed by atoms with E-state index < -0.39 is 5.82 Å². The fraction of sp³-hybridized carbons (Fsp3) is 0.133. The zero-order chi connectivity index (χ0) is 14.4. The molecule has 2 aromatic carbocycles. The molecule has 3 aromatic rings. The van der Waals surface area contributed by atoms with Crippen LogP contribution < -0.4 is 10.1 Å². The average molecular weight is 305 g/mol. The van der Waals surface area contributed by atoms with Crippen LogP contribution >= 0.6 is 11.6 Å². The lowest BCUT2D eigenvalue weighted by atomic mass is 10.2. The molecule has 0 amide bonds. The van der Waals surface area contributed by atoms with E-state index in [-0.39, 0.29) is 11.1 Å². The smallest absolute Gasteiger partial charge is 0.238 e. The summed E-state index contributed by atoms with van der Waals surface area (Å²) >= 11 is 5.97. The molecule has 0 radical (unpaired) electrons. The molecule has 0 spiro atoms. The van der Waals surface area contributed by atoms with Crippen molar-refractivity contribution in [3.05, 3.63) is 53.1 Å². The Morgan fingerprint density at radius 3 is 3.05 bits per heavy atom. The minimum absolute atomic E-state index is 0.202.